The Hall–Kier alpha value is -1.31. The van der Waals surface area contributed by atoms with Gasteiger partial charge in [-0.1, -0.05) is 43.7 Å². The summed E-state index contributed by atoms with van der Waals surface area (Å²) in [4.78, 5) is 14.2. The Morgan fingerprint density at radius 1 is 1.32 bits per heavy atom. The molecule has 1 amide bonds. The van der Waals surface area contributed by atoms with Gasteiger partial charge in [-0.3, -0.25) is 4.79 Å². The number of hydrogen-bond acceptors (Lipinski definition) is 1. The van der Waals surface area contributed by atoms with Gasteiger partial charge in [0, 0.05) is 20.0 Å². The van der Waals surface area contributed by atoms with Gasteiger partial charge in [0.15, 0.2) is 0 Å². The van der Waals surface area contributed by atoms with E-state index >= 15 is 0 Å². The van der Waals surface area contributed by atoms with Crippen LogP contribution < -0.4 is 0 Å². The molecule has 1 saturated carbocycles. The largest absolute Gasteiger partial charge is 0.346 e. The van der Waals surface area contributed by atoms with Gasteiger partial charge in [-0.05, 0) is 36.7 Å². The van der Waals surface area contributed by atoms with Crippen LogP contribution in [-0.2, 0) is 4.79 Å². The maximum absolute atomic E-state index is 12.3. The molecule has 0 aromatic heterocycles. The fourth-order valence-corrected chi connectivity index (χ4v) is 2.62. The number of nitrogens with zero attached hydrogens (tertiary/aromatic N) is 1. The monoisotopic (exact) mass is 259 g/mol. The van der Waals surface area contributed by atoms with Crippen molar-refractivity contribution < 1.29 is 4.79 Å². The molecule has 1 atom stereocenters. The van der Waals surface area contributed by atoms with E-state index in [4.69, 9.17) is 0 Å². The number of benzene rings is 1. The van der Waals surface area contributed by atoms with Crippen LogP contribution in [0.15, 0.2) is 30.3 Å². The summed E-state index contributed by atoms with van der Waals surface area (Å²) in [6.45, 7) is 3.05. The minimum atomic E-state index is 0.300. The standard InChI is InChI=1S/C17H25NO/c1-3-4-12-18(2)17(19)13-16(15-10-11-15)14-8-6-5-7-9-14/h5-9,15-16H,3-4,10-13H2,1-2H3. The summed E-state index contributed by atoms with van der Waals surface area (Å²) >= 11 is 0. The number of unbranched alkanes of at least 4 members (excludes halogenated alkanes) is 1. The van der Waals surface area contributed by atoms with Crippen molar-refractivity contribution in [2.45, 2.75) is 44.9 Å². The Morgan fingerprint density at radius 2 is 2.00 bits per heavy atom. The quantitative estimate of drug-likeness (QED) is 0.728. The Labute approximate surface area is 116 Å². The molecule has 104 valence electrons. The molecule has 0 heterocycles. The van der Waals surface area contributed by atoms with Crippen molar-refractivity contribution in [2.24, 2.45) is 5.92 Å². The van der Waals surface area contributed by atoms with Gasteiger partial charge in [-0.2, -0.15) is 0 Å². The van der Waals surface area contributed by atoms with Crippen LogP contribution >= 0.6 is 0 Å². The normalized spacial score (nSPS) is 16.1. The molecule has 0 aliphatic heterocycles. The molecule has 2 heteroatoms. The number of amides is 1. The summed E-state index contributed by atoms with van der Waals surface area (Å²) in [7, 11) is 1.94. The van der Waals surface area contributed by atoms with Crippen molar-refractivity contribution >= 4 is 5.91 Å². The third-order valence-electron chi connectivity index (χ3n) is 4.09. The lowest BCUT2D eigenvalue weighted by Crippen LogP contribution is -2.29. The van der Waals surface area contributed by atoms with E-state index in [1.165, 1.54) is 18.4 Å². The van der Waals surface area contributed by atoms with Gasteiger partial charge < -0.3 is 4.90 Å². The van der Waals surface area contributed by atoms with Crippen molar-refractivity contribution in [2.75, 3.05) is 13.6 Å². The van der Waals surface area contributed by atoms with E-state index in [9.17, 15) is 4.79 Å². The highest BCUT2D eigenvalue weighted by atomic mass is 16.2. The highest BCUT2D eigenvalue weighted by Crippen LogP contribution is 2.44. The molecule has 2 nitrogen and oxygen atoms in total. The van der Waals surface area contributed by atoms with Gasteiger partial charge in [-0.15, -0.1) is 0 Å². The molecule has 1 aliphatic carbocycles. The van der Waals surface area contributed by atoms with Crippen LogP contribution in [0.5, 0.6) is 0 Å². The third kappa shape index (κ3) is 4.09. The number of rotatable bonds is 7. The van der Waals surface area contributed by atoms with Gasteiger partial charge in [0.05, 0.1) is 0 Å². The summed E-state index contributed by atoms with van der Waals surface area (Å²) < 4.78 is 0. The number of carbonyl (C=O) groups excluding carboxylic acids is 1. The molecule has 2 rings (SSSR count). The minimum absolute atomic E-state index is 0.300. The van der Waals surface area contributed by atoms with E-state index in [1.54, 1.807) is 0 Å². The summed E-state index contributed by atoms with van der Waals surface area (Å²) in [5, 5.41) is 0. The summed E-state index contributed by atoms with van der Waals surface area (Å²) in [5.41, 5.74) is 1.34. The maximum atomic E-state index is 12.3. The van der Waals surface area contributed by atoms with Crippen molar-refractivity contribution in [3.8, 4) is 0 Å². The zero-order valence-corrected chi connectivity index (χ0v) is 12.1. The Morgan fingerprint density at radius 3 is 2.58 bits per heavy atom. The van der Waals surface area contributed by atoms with Crippen molar-refractivity contribution in [3.05, 3.63) is 35.9 Å². The predicted molar refractivity (Wildman–Crippen MR) is 79.1 cm³/mol. The van der Waals surface area contributed by atoms with Crippen LogP contribution in [0, 0.1) is 5.92 Å². The summed E-state index contributed by atoms with van der Waals surface area (Å²) in [6.07, 6.45) is 5.48. The van der Waals surface area contributed by atoms with Crippen molar-refractivity contribution in [3.63, 3.8) is 0 Å². The second kappa shape index (κ2) is 6.74. The summed E-state index contributed by atoms with van der Waals surface area (Å²) in [6, 6.07) is 10.5. The second-order valence-corrected chi connectivity index (χ2v) is 5.73. The average molecular weight is 259 g/mol. The molecular formula is C17H25NO. The topological polar surface area (TPSA) is 20.3 Å². The van der Waals surface area contributed by atoms with Crippen LogP contribution in [0.2, 0.25) is 0 Å². The van der Waals surface area contributed by atoms with Crippen LogP contribution in [-0.4, -0.2) is 24.4 Å². The molecule has 1 unspecified atom stereocenters. The van der Waals surface area contributed by atoms with E-state index in [-0.39, 0.29) is 0 Å². The van der Waals surface area contributed by atoms with Crippen molar-refractivity contribution in [1.82, 2.24) is 4.90 Å². The van der Waals surface area contributed by atoms with E-state index in [0.717, 1.165) is 25.3 Å². The SMILES string of the molecule is CCCCN(C)C(=O)CC(c1ccccc1)C1CC1. The van der Waals surface area contributed by atoms with Crippen LogP contribution in [0.25, 0.3) is 0 Å². The van der Waals surface area contributed by atoms with Gasteiger partial charge in [0.25, 0.3) is 0 Å². The van der Waals surface area contributed by atoms with Gasteiger partial charge >= 0.3 is 0 Å². The van der Waals surface area contributed by atoms with Crippen LogP contribution in [0.4, 0.5) is 0 Å². The first-order chi connectivity index (χ1) is 9.22. The molecule has 0 spiro atoms. The molecule has 0 N–H and O–H groups in total. The molecule has 1 aromatic carbocycles. The van der Waals surface area contributed by atoms with E-state index < -0.39 is 0 Å². The molecule has 0 radical (unpaired) electrons. The minimum Gasteiger partial charge on any atom is -0.346 e. The first kappa shape index (κ1) is 14.1. The van der Waals surface area contributed by atoms with Gasteiger partial charge in [-0.25, -0.2) is 0 Å². The second-order valence-electron chi connectivity index (χ2n) is 5.73. The molecule has 1 aromatic rings. The van der Waals surface area contributed by atoms with Crippen molar-refractivity contribution in [1.29, 1.82) is 0 Å². The molecule has 0 saturated heterocycles. The maximum Gasteiger partial charge on any atom is 0.222 e. The predicted octanol–water partition coefficient (Wildman–Crippen LogP) is 3.83. The molecule has 0 bridgehead atoms. The van der Waals surface area contributed by atoms with Gasteiger partial charge in [0.1, 0.15) is 0 Å². The zero-order chi connectivity index (χ0) is 13.7. The first-order valence-electron chi connectivity index (χ1n) is 7.51. The lowest BCUT2D eigenvalue weighted by molar-refractivity contribution is -0.130. The van der Waals surface area contributed by atoms with E-state index in [1.807, 2.05) is 18.0 Å². The molecule has 19 heavy (non-hydrogen) atoms. The number of hydrogen-bond donors (Lipinski definition) is 0. The van der Waals surface area contributed by atoms with Crippen LogP contribution in [0.1, 0.15) is 50.5 Å². The zero-order valence-electron chi connectivity index (χ0n) is 12.1. The smallest absolute Gasteiger partial charge is 0.222 e. The molecular weight excluding hydrogens is 234 g/mol. The Bertz CT molecular complexity index is 397. The van der Waals surface area contributed by atoms with Gasteiger partial charge in [0.2, 0.25) is 5.91 Å². The number of carbonyl (C=O) groups is 1. The highest BCUT2D eigenvalue weighted by molar-refractivity contribution is 5.77. The fourth-order valence-electron chi connectivity index (χ4n) is 2.62. The summed E-state index contributed by atoms with van der Waals surface area (Å²) in [5.74, 6) is 1.46. The van der Waals surface area contributed by atoms with E-state index in [0.29, 0.717) is 18.2 Å². The highest BCUT2D eigenvalue weighted by Gasteiger charge is 2.34. The molecule has 1 aliphatic rings. The Balaban J connectivity index is 1.96. The van der Waals surface area contributed by atoms with E-state index in [2.05, 4.69) is 31.2 Å². The fraction of sp³-hybridized carbons (Fsp3) is 0.588. The lowest BCUT2D eigenvalue weighted by Gasteiger charge is -2.21. The first-order valence-corrected chi connectivity index (χ1v) is 7.51. The van der Waals surface area contributed by atoms with Crippen LogP contribution in [0.3, 0.4) is 0 Å². The average Bonchev–Trinajstić information content (AvgIpc) is 3.27. The lowest BCUT2D eigenvalue weighted by atomic mass is 9.90. The molecule has 1 fully saturated rings. The third-order valence-corrected chi connectivity index (χ3v) is 4.09. The Kier molecular flexibility index (Phi) is 5.00.